The molecule has 0 fully saturated rings. The molecule has 23 heavy (non-hydrogen) atoms. The Morgan fingerprint density at radius 3 is 2.65 bits per heavy atom. The fourth-order valence-corrected chi connectivity index (χ4v) is 3.00. The number of benzene rings is 2. The minimum Gasteiger partial charge on any atom is -0.435 e. The third kappa shape index (κ3) is 3.94. The number of aromatic nitrogens is 1. The summed E-state index contributed by atoms with van der Waals surface area (Å²) in [6, 6.07) is 15.7. The van der Waals surface area contributed by atoms with Crippen LogP contribution < -0.4 is 5.32 Å². The summed E-state index contributed by atoms with van der Waals surface area (Å²) in [5, 5.41) is 3.46. The molecule has 0 spiro atoms. The Morgan fingerprint density at radius 2 is 1.91 bits per heavy atom. The van der Waals surface area contributed by atoms with Gasteiger partial charge in [-0.15, -0.1) is 0 Å². The third-order valence-electron chi connectivity index (χ3n) is 3.71. The topological polar surface area (TPSA) is 42.6 Å². The van der Waals surface area contributed by atoms with Crippen LogP contribution in [0.15, 0.2) is 59.1 Å². The molecule has 3 nitrogen and oxygen atoms in total. The molecule has 1 atom stereocenters. The molecule has 0 saturated heterocycles. The average molecular weight is 348 g/mol. The molecule has 3 aromatic rings. The molecule has 0 unspecified atom stereocenters. The molecule has 0 aliphatic heterocycles. The third-order valence-corrected chi connectivity index (χ3v) is 4.27. The first kappa shape index (κ1) is 16.1. The van der Waals surface area contributed by atoms with Gasteiger partial charge in [-0.3, -0.25) is 0 Å². The van der Waals surface area contributed by atoms with E-state index >= 15 is 0 Å². The van der Waals surface area contributed by atoms with Gasteiger partial charge >= 0.3 is 0 Å². The number of oxazole rings is 1. The Bertz CT molecular complexity index is 787. The van der Waals surface area contributed by atoms with Gasteiger partial charge in [0.25, 0.3) is 5.89 Å². The van der Waals surface area contributed by atoms with Crippen molar-refractivity contribution in [3.63, 3.8) is 0 Å². The molecule has 2 N–H and O–H groups in total. The molecule has 5 heteroatoms. The molecule has 0 bridgehead atoms. The highest BCUT2D eigenvalue weighted by Crippen LogP contribution is 2.24. The lowest BCUT2D eigenvalue weighted by atomic mass is 10.1. The molecule has 1 aromatic heterocycles. The SMILES string of the molecule is C[C@H]([NH2+]Cc1ncc(-c2ccccc2)o1)c1ccc(Cl)cc1Cl. The number of quaternary nitrogens is 1. The van der Waals surface area contributed by atoms with E-state index in [9.17, 15) is 0 Å². The molecule has 0 saturated carbocycles. The van der Waals surface area contributed by atoms with Crippen LogP contribution in [0.3, 0.4) is 0 Å². The number of nitrogens with two attached hydrogens (primary N) is 1. The van der Waals surface area contributed by atoms with Crippen molar-refractivity contribution in [1.82, 2.24) is 4.98 Å². The van der Waals surface area contributed by atoms with Crippen molar-refractivity contribution in [3.05, 3.63) is 76.2 Å². The Labute approximate surface area is 145 Å². The van der Waals surface area contributed by atoms with E-state index in [1.54, 1.807) is 12.3 Å². The summed E-state index contributed by atoms with van der Waals surface area (Å²) in [7, 11) is 0. The number of nitrogens with zero attached hydrogens (tertiary/aromatic N) is 1. The number of halogens is 2. The molecule has 1 heterocycles. The monoisotopic (exact) mass is 347 g/mol. The minimum atomic E-state index is 0.187. The van der Waals surface area contributed by atoms with E-state index in [0.717, 1.165) is 16.9 Å². The minimum absolute atomic E-state index is 0.187. The molecule has 118 valence electrons. The van der Waals surface area contributed by atoms with E-state index in [4.69, 9.17) is 27.6 Å². The van der Waals surface area contributed by atoms with Gasteiger partial charge < -0.3 is 9.73 Å². The lowest BCUT2D eigenvalue weighted by molar-refractivity contribution is -0.709. The van der Waals surface area contributed by atoms with Crippen LogP contribution in [0.1, 0.15) is 24.4 Å². The maximum Gasteiger partial charge on any atom is 0.250 e. The highest BCUT2D eigenvalue weighted by Gasteiger charge is 2.15. The highest BCUT2D eigenvalue weighted by atomic mass is 35.5. The Morgan fingerprint density at radius 1 is 1.13 bits per heavy atom. The van der Waals surface area contributed by atoms with Gasteiger partial charge in [0.15, 0.2) is 12.3 Å². The molecule has 2 aromatic carbocycles. The van der Waals surface area contributed by atoms with Crippen LogP contribution in [0.2, 0.25) is 10.0 Å². The van der Waals surface area contributed by atoms with E-state index in [0.29, 0.717) is 22.5 Å². The van der Waals surface area contributed by atoms with Gasteiger partial charge in [-0.05, 0) is 19.1 Å². The van der Waals surface area contributed by atoms with Crippen molar-refractivity contribution in [2.24, 2.45) is 0 Å². The quantitative estimate of drug-likeness (QED) is 0.739. The van der Waals surface area contributed by atoms with E-state index in [1.807, 2.05) is 42.5 Å². The zero-order valence-corrected chi connectivity index (χ0v) is 14.2. The van der Waals surface area contributed by atoms with Crippen molar-refractivity contribution in [2.75, 3.05) is 0 Å². The average Bonchev–Trinajstić information content (AvgIpc) is 3.02. The first-order valence-corrected chi connectivity index (χ1v) is 8.17. The summed E-state index contributed by atoms with van der Waals surface area (Å²) >= 11 is 12.2. The summed E-state index contributed by atoms with van der Waals surface area (Å²) < 4.78 is 5.81. The lowest BCUT2D eigenvalue weighted by Gasteiger charge is -2.11. The molecule has 0 aliphatic carbocycles. The summed E-state index contributed by atoms with van der Waals surface area (Å²) in [5.41, 5.74) is 2.07. The van der Waals surface area contributed by atoms with Crippen LogP contribution in [0.5, 0.6) is 0 Å². The molecular formula is C18H17Cl2N2O+. The van der Waals surface area contributed by atoms with E-state index in [2.05, 4.69) is 17.2 Å². The second-order valence-corrected chi connectivity index (χ2v) is 6.22. The van der Waals surface area contributed by atoms with Gasteiger partial charge in [0, 0.05) is 16.1 Å². The van der Waals surface area contributed by atoms with Crippen molar-refractivity contribution >= 4 is 23.2 Å². The van der Waals surface area contributed by atoms with Crippen molar-refractivity contribution < 1.29 is 9.73 Å². The van der Waals surface area contributed by atoms with Crippen molar-refractivity contribution in [2.45, 2.75) is 19.5 Å². The zero-order chi connectivity index (χ0) is 16.2. The van der Waals surface area contributed by atoms with E-state index in [-0.39, 0.29) is 6.04 Å². The van der Waals surface area contributed by atoms with Gasteiger partial charge in [-0.25, -0.2) is 4.98 Å². The lowest BCUT2D eigenvalue weighted by Crippen LogP contribution is -2.83. The molecule has 0 aliphatic rings. The van der Waals surface area contributed by atoms with Crippen LogP contribution in [-0.2, 0) is 6.54 Å². The zero-order valence-electron chi connectivity index (χ0n) is 12.7. The molecular weight excluding hydrogens is 331 g/mol. The van der Waals surface area contributed by atoms with Crippen LogP contribution >= 0.6 is 23.2 Å². The molecule has 0 amide bonds. The maximum atomic E-state index is 6.25. The Hall–Kier alpha value is -1.81. The Balaban J connectivity index is 1.65. The summed E-state index contributed by atoms with van der Waals surface area (Å²) in [6.45, 7) is 2.74. The molecule has 0 radical (unpaired) electrons. The smallest absolute Gasteiger partial charge is 0.250 e. The normalized spacial score (nSPS) is 12.3. The highest BCUT2D eigenvalue weighted by molar-refractivity contribution is 6.35. The number of rotatable bonds is 5. The largest absolute Gasteiger partial charge is 0.435 e. The summed E-state index contributed by atoms with van der Waals surface area (Å²) in [6.07, 6.45) is 1.76. The van der Waals surface area contributed by atoms with Gasteiger partial charge in [0.1, 0.15) is 6.04 Å². The first-order valence-electron chi connectivity index (χ1n) is 7.42. The van der Waals surface area contributed by atoms with Crippen LogP contribution in [-0.4, -0.2) is 4.98 Å². The Kier molecular flexibility index (Phi) is 5.01. The van der Waals surface area contributed by atoms with Crippen molar-refractivity contribution in [3.8, 4) is 11.3 Å². The summed E-state index contributed by atoms with van der Waals surface area (Å²) in [5.74, 6) is 1.48. The van der Waals surface area contributed by atoms with Gasteiger partial charge in [-0.2, -0.15) is 0 Å². The maximum absolute atomic E-state index is 6.25. The number of hydrogen-bond donors (Lipinski definition) is 1. The standard InChI is InChI=1S/C18H16Cl2N2O/c1-12(15-8-7-14(19)9-16(15)20)21-11-18-22-10-17(23-18)13-5-3-2-4-6-13/h2-10,12,21H,11H2,1H3/p+1/t12-/m0/s1. The van der Waals surface area contributed by atoms with Gasteiger partial charge in [0.05, 0.1) is 11.2 Å². The summed E-state index contributed by atoms with van der Waals surface area (Å²) in [4.78, 5) is 4.34. The van der Waals surface area contributed by atoms with E-state index < -0.39 is 0 Å². The predicted molar refractivity (Wildman–Crippen MR) is 92.4 cm³/mol. The number of hydrogen-bond acceptors (Lipinski definition) is 2. The predicted octanol–water partition coefficient (Wildman–Crippen LogP) is 4.47. The fraction of sp³-hybridized carbons (Fsp3) is 0.167. The van der Waals surface area contributed by atoms with Gasteiger partial charge in [-0.1, -0.05) is 59.6 Å². The van der Waals surface area contributed by atoms with Gasteiger partial charge in [0.2, 0.25) is 0 Å². The second kappa shape index (κ2) is 7.18. The molecule has 3 rings (SSSR count). The van der Waals surface area contributed by atoms with E-state index in [1.165, 1.54) is 0 Å². The van der Waals surface area contributed by atoms with Crippen LogP contribution in [0, 0.1) is 0 Å². The van der Waals surface area contributed by atoms with Crippen LogP contribution in [0.4, 0.5) is 0 Å². The second-order valence-electron chi connectivity index (χ2n) is 5.38. The van der Waals surface area contributed by atoms with Crippen molar-refractivity contribution in [1.29, 1.82) is 0 Å². The first-order chi connectivity index (χ1) is 11.1. The van der Waals surface area contributed by atoms with Crippen LogP contribution in [0.25, 0.3) is 11.3 Å². The fourth-order valence-electron chi connectivity index (χ4n) is 2.42.